The van der Waals surface area contributed by atoms with Crippen LogP contribution in [0.3, 0.4) is 0 Å². The summed E-state index contributed by atoms with van der Waals surface area (Å²) in [5.74, 6) is -6.50. The molecule has 48 heavy (non-hydrogen) atoms. The van der Waals surface area contributed by atoms with Gasteiger partial charge in [-0.3, -0.25) is 9.80 Å². The summed E-state index contributed by atoms with van der Waals surface area (Å²) in [6, 6.07) is 20.4. The highest BCUT2D eigenvalue weighted by molar-refractivity contribution is 6.05. The number of hydrogen-bond donors (Lipinski definition) is 1. The Morgan fingerprint density at radius 2 is 1.50 bits per heavy atom. The third-order valence-corrected chi connectivity index (χ3v) is 8.48. The fourth-order valence-electron chi connectivity index (χ4n) is 6.11. The van der Waals surface area contributed by atoms with Crippen LogP contribution in [0.15, 0.2) is 88.2 Å². The maximum atomic E-state index is 15.6. The van der Waals surface area contributed by atoms with E-state index < -0.39 is 52.0 Å². The summed E-state index contributed by atoms with van der Waals surface area (Å²) in [7, 11) is 0. The zero-order chi connectivity index (χ0) is 33.9. The third kappa shape index (κ3) is 5.67. The number of hydrazone groups is 1. The molecule has 6 rings (SSSR count). The van der Waals surface area contributed by atoms with Crippen molar-refractivity contribution < 1.29 is 22.4 Å². The molecule has 3 aliphatic heterocycles. The van der Waals surface area contributed by atoms with E-state index in [2.05, 4.69) is 10.4 Å². The van der Waals surface area contributed by atoms with Crippen LogP contribution in [0.2, 0.25) is 0 Å². The van der Waals surface area contributed by atoms with E-state index in [0.29, 0.717) is 37.2 Å². The molecule has 1 saturated heterocycles. The Hall–Kier alpha value is -6.19. The molecule has 0 aliphatic carbocycles. The molecule has 1 fully saturated rings. The molecule has 3 aromatic rings. The van der Waals surface area contributed by atoms with E-state index >= 15 is 17.6 Å². The fraction of sp³-hybridized carbons (Fsp3) is 0.194. The molecule has 3 heterocycles. The second-order valence-electron chi connectivity index (χ2n) is 11.3. The van der Waals surface area contributed by atoms with Gasteiger partial charge in [0.2, 0.25) is 0 Å². The molecule has 0 bridgehead atoms. The topological polar surface area (TPSA) is 119 Å². The fourth-order valence-corrected chi connectivity index (χ4v) is 6.11. The number of piperidine rings is 1. The first kappa shape index (κ1) is 31.8. The Morgan fingerprint density at radius 1 is 0.854 bits per heavy atom. The summed E-state index contributed by atoms with van der Waals surface area (Å²) in [5.41, 5.74) is -0.503. The lowest BCUT2D eigenvalue weighted by Gasteiger charge is -2.30. The van der Waals surface area contributed by atoms with E-state index in [9.17, 15) is 10.1 Å². The number of allylic oxidation sites excluding steroid dienone is 2. The number of rotatable bonds is 6. The number of nitrogens with zero attached hydrogens (tertiary/aromatic N) is 6. The lowest BCUT2D eigenvalue weighted by molar-refractivity contribution is -0.115. The normalized spacial score (nSPS) is 17.7. The van der Waals surface area contributed by atoms with E-state index in [1.165, 1.54) is 16.0 Å². The maximum absolute atomic E-state index is 15.6. The van der Waals surface area contributed by atoms with Crippen LogP contribution >= 0.6 is 0 Å². The maximum Gasteiger partial charge on any atom is 0.257 e. The zero-order valence-corrected chi connectivity index (χ0v) is 25.3. The van der Waals surface area contributed by atoms with E-state index in [0.717, 1.165) is 12.0 Å². The van der Waals surface area contributed by atoms with E-state index in [1.54, 1.807) is 54.6 Å². The molecule has 1 atom stereocenters. The molecule has 1 N–H and O–H groups in total. The molecular formula is C36H25F4N7O. The highest BCUT2D eigenvalue weighted by Gasteiger charge is 2.37. The Morgan fingerprint density at radius 3 is 2.10 bits per heavy atom. The number of amides is 1. The molecule has 238 valence electrons. The second kappa shape index (κ2) is 13.3. The van der Waals surface area contributed by atoms with Crippen molar-refractivity contribution in [3.63, 3.8) is 0 Å². The van der Waals surface area contributed by atoms with Gasteiger partial charge in [-0.15, -0.1) is 0 Å². The Labute approximate surface area is 273 Å². The van der Waals surface area contributed by atoms with Crippen molar-refractivity contribution in [1.82, 2.24) is 5.32 Å². The van der Waals surface area contributed by atoms with Gasteiger partial charge < -0.3 is 10.2 Å². The zero-order valence-electron chi connectivity index (χ0n) is 25.3. The van der Waals surface area contributed by atoms with Crippen LogP contribution in [-0.2, 0) is 4.79 Å². The lowest BCUT2D eigenvalue weighted by Crippen LogP contribution is -2.32. The quantitative estimate of drug-likeness (QED) is 0.178. The van der Waals surface area contributed by atoms with Crippen molar-refractivity contribution in [3.05, 3.63) is 123 Å². The van der Waals surface area contributed by atoms with Gasteiger partial charge in [0, 0.05) is 19.5 Å². The van der Waals surface area contributed by atoms with Gasteiger partial charge in [0.1, 0.15) is 23.9 Å². The summed E-state index contributed by atoms with van der Waals surface area (Å²) < 4.78 is 62.1. The Balaban J connectivity index is 1.35. The van der Waals surface area contributed by atoms with Crippen LogP contribution in [0.25, 0.3) is 6.08 Å². The number of hydrogen-bond acceptors (Lipinski definition) is 7. The van der Waals surface area contributed by atoms with Gasteiger partial charge in [0.05, 0.1) is 39.8 Å². The van der Waals surface area contributed by atoms with Crippen molar-refractivity contribution in [1.29, 1.82) is 15.8 Å². The SMILES string of the molecule is N#CC(C#N)=C1NC(=O)C(/C=C/c2ccc(N3N=C(c4c(F)c(F)c(N5CCCCC5)c(F)c4F)CC3c3ccccc3)cc2)=C1C#N. The van der Waals surface area contributed by atoms with Crippen molar-refractivity contribution >= 4 is 29.1 Å². The molecule has 3 aromatic carbocycles. The van der Waals surface area contributed by atoms with Crippen LogP contribution < -0.4 is 15.2 Å². The largest absolute Gasteiger partial charge is 0.367 e. The summed E-state index contributed by atoms with van der Waals surface area (Å²) >= 11 is 0. The van der Waals surface area contributed by atoms with Gasteiger partial charge in [-0.1, -0.05) is 48.5 Å². The smallest absolute Gasteiger partial charge is 0.257 e. The van der Waals surface area contributed by atoms with E-state index in [1.807, 2.05) is 24.3 Å². The highest BCUT2D eigenvalue weighted by Crippen LogP contribution is 2.40. The van der Waals surface area contributed by atoms with E-state index in [4.69, 9.17) is 10.5 Å². The summed E-state index contributed by atoms with van der Waals surface area (Å²) in [6.07, 6.45) is 5.11. The van der Waals surface area contributed by atoms with Gasteiger partial charge in [0.25, 0.3) is 5.91 Å². The number of halogens is 4. The minimum atomic E-state index is -1.49. The van der Waals surface area contributed by atoms with Crippen LogP contribution in [0.4, 0.5) is 28.9 Å². The molecule has 1 unspecified atom stereocenters. The van der Waals surface area contributed by atoms with Crippen LogP contribution in [0.5, 0.6) is 0 Å². The number of carbonyl (C=O) groups is 1. The van der Waals surface area contributed by atoms with Crippen molar-refractivity contribution in [3.8, 4) is 18.2 Å². The molecule has 0 saturated carbocycles. The Bertz CT molecular complexity index is 2020. The third-order valence-electron chi connectivity index (χ3n) is 8.48. The number of carbonyl (C=O) groups excluding carboxylic acids is 1. The van der Waals surface area contributed by atoms with Gasteiger partial charge in [-0.05, 0) is 48.6 Å². The second-order valence-corrected chi connectivity index (χ2v) is 11.3. The number of nitriles is 3. The predicted molar refractivity (Wildman–Crippen MR) is 170 cm³/mol. The molecule has 0 spiro atoms. The van der Waals surface area contributed by atoms with Crippen LogP contribution in [-0.4, -0.2) is 24.7 Å². The molecule has 1 amide bonds. The van der Waals surface area contributed by atoms with Gasteiger partial charge in [-0.25, -0.2) is 17.6 Å². The summed E-state index contributed by atoms with van der Waals surface area (Å²) in [4.78, 5) is 13.8. The molecule has 8 nitrogen and oxygen atoms in total. The molecule has 0 radical (unpaired) electrons. The monoisotopic (exact) mass is 647 g/mol. The average molecular weight is 648 g/mol. The molecule has 12 heteroatoms. The first-order chi connectivity index (χ1) is 23.3. The number of benzene rings is 3. The number of nitrogens with one attached hydrogen (secondary N) is 1. The van der Waals surface area contributed by atoms with Crippen molar-refractivity contribution in [2.24, 2.45) is 5.10 Å². The van der Waals surface area contributed by atoms with Crippen molar-refractivity contribution in [2.45, 2.75) is 31.7 Å². The predicted octanol–water partition coefficient (Wildman–Crippen LogP) is 6.85. The first-order valence-electron chi connectivity index (χ1n) is 15.1. The summed E-state index contributed by atoms with van der Waals surface area (Å²) in [6.45, 7) is 0.599. The summed E-state index contributed by atoms with van der Waals surface area (Å²) in [5, 5.41) is 36.3. The van der Waals surface area contributed by atoms with Crippen molar-refractivity contribution in [2.75, 3.05) is 23.0 Å². The average Bonchev–Trinajstić information content (AvgIpc) is 3.69. The van der Waals surface area contributed by atoms with E-state index in [-0.39, 0.29) is 29.0 Å². The standard InChI is InChI=1S/C36H25F4N7O/c37-30-29(31(38)33(40)35(32(30)39)46-15-5-2-6-16-46)27-17-28(22-7-3-1-4-8-22)47(45-27)24-12-9-21(10-13-24)11-14-25-26(20-43)34(44-36(25)48)23(18-41)19-42/h1,3-4,7-14,28H,2,5-6,15-17H2,(H,44,48)/b14-11+. The number of anilines is 2. The minimum Gasteiger partial charge on any atom is -0.367 e. The molecule has 3 aliphatic rings. The highest BCUT2D eigenvalue weighted by atomic mass is 19.2. The minimum absolute atomic E-state index is 0.0210. The Kier molecular flexibility index (Phi) is 8.79. The van der Waals surface area contributed by atoms with Crippen LogP contribution in [0, 0.1) is 57.3 Å². The lowest BCUT2D eigenvalue weighted by atomic mass is 9.96. The van der Waals surface area contributed by atoms with Gasteiger partial charge in [-0.2, -0.15) is 20.9 Å². The first-order valence-corrected chi connectivity index (χ1v) is 15.1. The van der Waals surface area contributed by atoms with Gasteiger partial charge >= 0.3 is 0 Å². The van der Waals surface area contributed by atoms with Gasteiger partial charge in [0.15, 0.2) is 28.8 Å². The molecular weight excluding hydrogens is 622 g/mol. The molecule has 0 aromatic heterocycles. The van der Waals surface area contributed by atoms with Crippen LogP contribution in [0.1, 0.15) is 48.4 Å².